The summed E-state index contributed by atoms with van der Waals surface area (Å²) in [4.78, 5) is 10.5. The predicted molar refractivity (Wildman–Crippen MR) is 131 cm³/mol. The summed E-state index contributed by atoms with van der Waals surface area (Å²) in [6, 6.07) is 20.3. The second kappa shape index (κ2) is 8.40. The molecule has 0 radical (unpaired) electrons. The molecule has 3 aromatic heterocycles. The zero-order chi connectivity index (χ0) is 22.0. The summed E-state index contributed by atoms with van der Waals surface area (Å²) in [6.07, 6.45) is 5.72. The minimum Gasteiger partial charge on any atom is -0.378 e. The standard InChI is InChI=1S/C25H23N7O/c1-2-6-18(7-3-1)22-17-32-25(28-22)23(31-10-12-33-13-11-31)14-24(30-32)29-27-16-19-15-26-21-9-5-4-8-20(19)21/h1-9,14-17,26H,10-13H2,(H,29,30)/b27-16-. The van der Waals surface area contributed by atoms with E-state index in [1.807, 2.05) is 65.6 Å². The van der Waals surface area contributed by atoms with Crippen molar-refractivity contribution in [3.05, 3.63) is 78.6 Å². The number of benzene rings is 2. The number of aromatic amines is 1. The van der Waals surface area contributed by atoms with E-state index in [4.69, 9.17) is 14.8 Å². The molecule has 0 saturated carbocycles. The molecule has 0 spiro atoms. The molecule has 2 aromatic carbocycles. The number of anilines is 2. The highest BCUT2D eigenvalue weighted by atomic mass is 16.5. The highest BCUT2D eigenvalue weighted by molar-refractivity contribution is 5.99. The molecule has 0 aliphatic carbocycles. The van der Waals surface area contributed by atoms with E-state index in [1.165, 1.54) is 0 Å². The molecule has 1 saturated heterocycles. The van der Waals surface area contributed by atoms with Crippen LogP contribution in [-0.4, -0.2) is 52.1 Å². The summed E-state index contributed by atoms with van der Waals surface area (Å²) in [5.74, 6) is 0.650. The quantitative estimate of drug-likeness (QED) is 0.319. The van der Waals surface area contributed by atoms with Gasteiger partial charge in [0.2, 0.25) is 0 Å². The van der Waals surface area contributed by atoms with Crippen LogP contribution in [0.15, 0.2) is 78.2 Å². The highest BCUT2D eigenvalue weighted by Gasteiger charge is 2.18. The van der Waals surface area contributed by atoms with E-state index < -0.39 is 0 Å². The summed E-state index contributed by atoms with van der Waals surface area (Å²) in [5.41, 5.74) is 8.98. The first-order valence-electron chi connectivity index (χ1n) is 11.0. The molecule has 4 heterocycles. The lowest BCUT2D eigenvalue weighted by Crippen LogP contribution is -2.36. The van der Waals surface area contributed by atoms with Crippen molar-refractivity contribution in [2.75, 3.05) is 36.6 Å². The fourth-order valence-corrected chi connectivity index (χ4v) is 4.17. The van der Waals surface area contributed by atoms with Crippen LogP contribution in [0.1, 0.15) is 5.56 Å². The zero-order valence-corrected chi connectivity index (χ0v) is 18.0. The zero-order valence-electron chi connectivity index (χ0n) is 18.0. The number of ether oxygens (including phenoxy) is 1. The number of imidazole rings is 1. The highest BCUT2D eigenvalue weighted by Crippen LogP contribution is 2.28. The van der Waals surface area contributed by atoms with Gasteiger partial charge in [-0.15, -0.1) is 5.10 Å². The van der Waals surface area contributed by atoms with Crippen LogP contribution in [0.5, 0.6) is 0 Å². The first kappa shape index (κ1) is 19.5. The first-order valence-corrected chi connectivity index (χ1v) is 11.0. The van der Waals surface area contributed by atoms with Crippen molar-refractivity contribution >= 4 is 34.3 Å². The van der Waals surface area contributed by atoms with Crippen LogP contribution in [0.4, 0.5) is 11.5 Å². The van der Waals surface area contributed by atoms with Crippen molar-refractivity contribution in [3.63, 3.8) is 0 Å². The third-order valence-corrected chi connectivity index (χ3v) is 5.83. The lowest BCUT2D eigenvalue weighted by atomic mass is 10.2. The number of rotatable bonds is 5. The van der Waals surface area contributed by atoms with Gasteiger partial charge in [0.05, 0.1) is 37.0 Å². The SMILES string of the molecule is C(=N/Nc1cc(N2CCOCC2)c2nc(-c3ccccc3)cn2n1)/c1c[nH]c2ccccc12. The fraction of sp³-hybridized carbons (Fsp3) is 0.160. The van der Waals surface area contributed by atoms with Crippen molar-refractivity contribution in [1.82, 2.24) is 19.6 Å². The normalized spacial score (nSPS) is 14.5. The van der Waals surface area contributed by atoms with Crippen LogP contribution < -0.4 is 10.3 Å². The average Bonchev–Trinajstić information content (AvgIpc) is 3.49. The largest absolute Gasteiger partial charge is 0.378 e. The topological polar surface area (TPSA) is 82.8 Å². The van der Waals surface area contributed by atoms with Gasteiger partial charge in [0.1, 0.15) is 0 Å². The van der Waals surface area contributed by atoms with E-state index in [1.54, 1.807) is 0 Å². The van der Waals surface area contributed by atoms with Gasteiger partial charge in [-0.1, -0.05) is 48.5 Å². The molecule has 0 atom stereocenters. The molecule has 0 amide bonds. The summed E-state index contributed by atoms with van der Waals surface area (Å²) in [7, 11) is 0. The number of hydrogen-bond acceptors (Lipinski definition) is 6. The number of aromatic nitrogens is 4. The Morgan fingerprint density at radius 3 is 2.73 bits per heavy atom. The smallest absolute Gasteiger partial charge is 0.177 e. The van der Waals surface area contributed by atoms with Crippen LogP contribution in [0.25, 0.3) is 27.8 Å². The molecule has 33 heavy (non-hydrogen) atoms. The van der Waals surface area contributed by atoms with E-state index in [9.17, 15) is 0 Å². The summed E-state index contributed by atoms with van der Waals surface area (Å²) in [5, 5.41) is 10.3. The monoisotopic (exact) mass is 437 g/mol. The molecule has 8 heteroatoms. The molecule has 6 rings (SSSR count). The Morgan fingerprint density at radius 2 is 1.85 bits per heavy atom. The minimum absolute atomic E-state index is 0.650. The summed E-state index contributed by atoms with van der Waals surface area (Å²) in [6.45, 7) is 3.01. The second-order valence-corrected chi connectivity index (χ2v) is 7.93. The van der Waals surface area contributed by atoms with Gasteiger partial charge in [-0.2, -0.15) is 5.10 Å². The summed E-state index contributed by atoms with van der Waals surface area (Å²) < 4.78 is 7.38. The molecule has 1 aliphatic rings. The Kier molecular flexibility index (Phi) is 4.97. The molecule has 2 N–H and O–H groups in total. The lowest BCUT2D eigenvalue weighted by Gasteiger charge is -2.29. The number of hydrogen-bond donors (Lipinski definition) is 2. The lowest BCUT2D eigenvalue weighted by molar-refractivity contribution is 0.123. The number of morpholine rings is 1. The van der Waals surface area contributed by atoms with Crippen LogP contribution in [-0.2, 0) is 4.74 Å². The van der Waals surface area contributed by atoms with E-state index in [0.29, 0.717) is 19.0 Å². The van der Waals surface area contributed by atoms with Gasteiger partial charge in [0.25, 0.3) is 0 Å². The van der Waals surface area contributed by atoms with Gasteiger partial charge in [-0.05, 0) is 6.07 Å². The van der Waals surface area contributed by atoms with Crippen LogP contribution in [0.2, 0.25) is 0 Å². The molecular weight excluding hydrogens is 414 g/mol. The molecule has 5 aromatic rings. The Morgan fingerprint density at radius 1 is 1.03 bits per heavy atom. The van der Waals surface area contributed by atoms with Crippen molar-refractivity contribution in [3.8, 4) is 11.3 Å². The minimum atomic E-state index is 0.650. The number of hydrazone groups is 1. The average molecular weight is 438 g/mol. The molecule has 0 unspecified atom stereocenters. The van der Waals surface area contributed by atoms with Crippen LogP contribution in [0.3, 0.4) is 0 Å². The Labute approximate surface area is 190 Å². The van der Waals surface area contributed by atoms with Gasteiger partial charge in [-0.3, -0.25) is 5.43 Å². The molecular formula is C25H23N7O. The maximum Gasteiger partial charge on any atom is 0.177 e. The van der Waals surface area contributed by atoms with Gasteiger partial charge >= 0.3 is 0 Å². The van der Waals surface area contributed by atoms with Crippen molar-refractivity contribution in [2.45, 2.75) is 0 Å². The fourth-order valence-electron chi connectivity index (χ4n) is 4.17. The van der Waals surface area contributed by atoms with Gasteiger partial charge in [0.15, 0.2) is 11.5 Å². The number of nitrogens with one attached hydrogen (secondary N) is 2. The predicted octanol–water partition coefficient (Wildman–Crippen LogP) is 4.16. The van der Waals surface area contributed by atoms with Crippen molar-refractivity contribution < 1.29 is 4.74 Å². The third-order valence-electron chi connectivity index (χ3n) is 5.83. The molecule has 1 aliphatic heterocycles. The number of H-pyrrole nitrogens is 1. The Bertz CT molecular complexity index is 1430. The molecule has 0 bridgehead atoms. The van der Waals surface area contributed by atoms with Gasteiger partial charge in [0, 0.05) is 47.4 Å². The van der Waals surface area contributed by atoms with Crippen molar-refractivity contribution in [1.29, 1.82) is 0 Å². The number of nitrogens with zero attached hydrogens (tertiary/aromatic N) is 5. The Balaban J connectivity index is 1.36. The van der Waals surface area contributed by atoms with Crippen LogP contribution in [0, 0.1) is 0 Å². The van der Waals surface area contributed by atoms with Gasteiger partial charge in [-0.25, -0.2) is 9.50 Å². The van der Waals surface area contributed by atoms with E-state index >= 15 is 0 Å². The maximum atomic E-state index is 5.55. The van der Waals surface area contributed by atoms with Crippen molar-refractivity contribution in [2.24, 2.45) is 5.10 Å². The van der Waals surface area contributed by atoms with E-state index in [-0.39, 0.29) is 0 Å². The first-order chi connectivity index (χ1) is 16.3. The van der Waals surface area contributed by atoms with Gasteiger partial charge < -0.3 is 14.6 Å². The second-order valence-electron chi connectivity index (χ2n) is 7.93. The Hall–Kier alpha value is -4.17. The number of fused-ring (bicyclic) bond motifs is 2. The number of para-hydroxylation sites is 1. The molecule has 164 valence electrons. The third kappa shape index (κ3) is 3.81. The summed E-state index contributed by atoms with van der Waals surface area (Å²) >= 11 is 0. The molecule has 1 fully saturated rings. The van der Waals surface area contributed by atoms with Crippen LogP contribution >= 0.6 is 0 Å². The maximum absolute atomic E-state index is 5.55. The van der Waals surface area contributed by atoms with E-state index in [0.717, 1.165) is 52.1 Å². The van der Waals surface area contributed by atoms with E-state index in [2.05, 4.69) is 38.6 Å². The molecule has 8 nitrogen and oxygen atoms in total.